The third-order valence-corrected chi connectivity index (χ3v) is 3.72. The molecule has 0 atom stereocenters. The molecule has 0 unspecified atom stereocenters. The SMILES string of the molecule is CNC(=O)c1cc(S(=O)(=O)Cl)cs1. The van der Waals surface area contributed by atoms with E-state index in [0.717, 1.165) is 11.3 Å². The molecule has 13 heavy (non-hydrogen) atoms. The number of carbonyl (C=O) groups is 1. The van der Waals surface area contributed by atoms with Crippen molar-refractivity contribution >= 4 is 37.0 Å². The molecule has 0 aliphatic rings. The van der Waals surface area contributed by atoms with E-state index in [2.05, 4.69) is 5.32 Å². The van der Waals surface area contributed by atoms with Gasteiger partial charge in [-0.1, -0.05) is 0 Å². The van der Waals surface area contributed by atoms with Crippen LogP contribution in [-0.4, -0.2) is 21.4 Å². The molecular weight excluding hydrogens is 234 g/mol. The summed E-state index contributed by atoms with van der Waals surface area (Å²) in [5, 5.41) is 3.71. The zero-order valence-corrected chi connectivity index (χ0v) is 8.96. The molecule has 0 spiro atoms. The van der Waals surface area contributed by atoms with Crippen LogP contribution < -0.4 is 5.32 Å². The molecule has 1 aromatic heterocycles. The number of halogens is 1. The predicted molar refractivity (Wildman–Crippen MR) is 50.7 cm³/mol. The van der Waals surface area contributed by atoms with Crippen LogP contribution in [0.1, 0.15) is 9.67 Å². The summed E-state index contributed by atoms with van der Waals surface area (Å²) < 4.78 is 21.6. The van der Waals surface area contributed by atoms with E-state index in [1.807, 2.05) is 0 Å². The van der Waals surface area contributed by atoms with E-state index in [9.17, 15) is 13.2 Å². The van der Waals surface area contributed by atoms with Crippen molar-refractivity contribution < 1.29 is 13.2 Å². The summed E-state index contributed by atoms with van der Waals surface area (Å²) in [6.07, 6.45) is 0. The summed E-state index contributed by atoms with van der Waals surface area (Å²) in [5.74, 6) is -0.323. The Morgan fingerprint density at radius 1 is 1.62 bits per heavy atom. The molecule has 0 bridgehead atoms. The normalized spacial score (nSPS) is 11.2. The van der Waals surface area contributed by atoms with Crippen molar-refractivity contribution in [2.45, 2.75) is 4.90 Å². The third-order valence-electron chi connectivity index (χ3n) is 1.31. The van der Waals surface area contributed by atoms with Crippen molar-refractivity contribution in [2.24, 2.45) is 0 Å². The molecule has 0 saturated heterocycles. The van der Waals surface area contributed by atoms with Gasteiger partial charge in [-0.2, -0.15) is 0 Å². The number of hydrogen-bond donors (Lipinski definition) is 1. The fourth-order valence-electron chi connectivity index (χ4n) is 0.689. The largest absolute Gasteiger partial charge is 0.354 e. The van der Waals surface area contributed by atoms with Crippen LogP contribution in [-0.2, 0) is 9.05 Å². The molecular formula is C6H6ClNO3S2. The summed E-state index contributed by atoms with van der Waals surface area (Å²) in [7, 11) is 2.82. The Morgan fingerprint density at radius 2 is 2.23 bits per heavy atom. The van der Waals surface area contributed by atoms with E-state index in [1.54, 1.807) is 0 Å². The highest BCUT2D eigenvalue weighted by Gasteiger charge is 2.15. The highest BCUT2D eigenvalue weighted by molar-refractivity contribution is 8.13. The maximum absolute atomic E-state index is 11.0. The molecule has 0 aromatic carbocycles. The van der Waals surface area contributed by atoms with E-state index in [4.69, 9.17) is 10.7 Å². The van der Waals surface area contributed by atoms with Crippen LogP contribution >= 0.6 is 22.0 Å². The van der Waals surface area contributed by atoms with Crippen LogP contribution in [0.2, 0.25) is 0 Å². The molecule has 0 aliphatic heterocycles. The Morgan fingerprint density at radius 3 is 2.62 bits per heavy atom. The van der Waals surface area contributed by atoms with Crippen molar-refractivity contribution in [1.82, 2.24) is 5.32 Å². The summed E-state index contributed by atoms with van der Waals surface area (Å²) >= 11 is 1.03. The van der Waals surface area contributed by atoms with Gasteiger partial charge in [0.25, 0.3) is 15.0 Å². The van der Waals surface area contributed by atoms with Gasteiger partial charge in [0.1, 0.15) is 0 Å². The number of thiophene rings is 1. The van der Waals surface area contributed by atoms with Gasteiger partial charge in [-0.15, -0.1) is 11.3 Å². The highest BCUT2D eigenvalue weighted by atomic mass is 35.7. The van der Waals surface area contributed by atoms with Gasteiger partial charge in [0.15, 0.2) is 0 Å². The van der Waals surface area contributed by atoms with Crippen LogP contribution in [0.25, 0.3) is 0 Å². The molecule has 1 amide bonds. The number of rotatable bonds is 2. The maximum Gasteiger partial charge on any atom is 0.262 e. The van der Waals surface area contributed by atoms with Gasteiger partial charge in [0.2, 0.25) is 0 Å². The number of hydrogen-bond acceptors (Lipinski definition) is 4. The molecule has 0 radical (unpaired) electrons. The van der Waals surface area contributed by atoms with Gasteiger partial charge in [0, 0.05) is 23.1 Å². The molecule has 1 aromatic rings. The monoisotopic (exact) mass is 239 g/mol. The zero-order valence-electron chi connectivity index (χ0n) is 6.57. The van der Waals surface area contributed by atoms with Gasteiger partial charge in [-0.05, 0) is 6.07 Å². The summed E-state index contributed by atoms with van der Waals surface area (Å²) in [5.41, 5.74) is 0. The average Bonchev–Trinajstić information content (AvgIpc) is 2.50. The van der Waals surface area contributed by atoms with Crippen molar-refractivity contribution in [1.29, 1.82) is 0 Å². The molecule has 4 nitrogen and oxygen atoms in total. The van der Waals surface area contributed by atoms with Gasteiger partial charge in [0.05, 0.1) is 9.77 Å². The maximum atomic E-state index is 11.0. The first kappa shape index (κ1) is 10.5. The number of carbonyl (C=O) groups excluding carboxylic acids is 1. The smallest absolute Gasteiger partial charge is 0.262 e. The lowest BCUT2D eigenvalue weighted by Gasteiger charge is -1.91. The van der Waals surface area contributed by atoms with Crippen molar-refractivity contribution in [3.63, 3.8) is 0 Å². The van der Waals surface area contributed by atoms with Crippen LogP contribution in [0.4, 0.5) is 0 Å². The van der Waals surface area contributed by atoms with Crippen molar-refractivity contribution in [3.8, 4) is 0 Å². The van der Waals surface area contributed by atoms with Gasteiger partial charge in [-0.3, -0.25) is 4.79 Å². The average molecular weight is 240 g/mol. The lowest BCUT2D eigenvalue weighted by atomic mass is 10.4. The molecule has 72 valence electrons. The van der Waals surface area contributed by atoms with E-state index in [-0.39, 0.29) is 10.8 Å². The molecule has 0 fully saturated rings. The zero-order chi connectivity index (χ0) is 10.1. The van der Waals surface area contributed by atoms with Crippen LogP contribution in [0.15, 0.2) is 16.3 Å². The van der Waals surface area contributed by atoms with Gasteiger partial charge < -0.3 is 5.32 Å². The van der Waals surface area contributed by atoms with E-state index in [1.165, 1.54) is 18.5 Å². The first-order chi connectivity index (χ1) is 5.95. The van der Waals surface area contributed by atoms with Crippen LogP contribution in [0.3, 0.4) is 0 Å². The second-order valence-corrected chi connectivity index (χ2v) is 5.64. The predicted octanol–water partition coefficient (Wildman–Crippen LogP) is 1.04. The molecule has 0 aliphatic carbocycles. The first-order valence-electron chi connectivity index (χ1n) is 3.20. The molecule has 0 saturated carbocycles. The van der Waals surface area contributed by atoms with Crippen LogP contribution in [0.5, 0.6) is 0 Å². The second-order valence-electron chi connectivity index (χ2n) is 2.16. The Hall–Kier alpha value is -0.590. The second kappa shape index (κ2) is 3.65. The third kappa shape index (κ3) is 2.43. The topological polar surface area (TPSA) is 63.2 Å². The molecule has 1 rings (SSSR count). The number of nitrogens with one attached hydrogen (secondary N) is 1. The van der Waals surface area contributed by atoms with Crippen molar-refractivity contribution in [2.75, 3.05) is 7.05 Å². The molecule has 7 heteroatoms. The van der Waals surface area contributed by atoms with E-state index in [0.29, 0.717) is 4.88 Å². The summed E-state index contributed by atoms with van der Waals surface area (Å²) in [4.78, 5) is 11.3. The van der Waals surface area contributed by atoms with Gasteiger partial charge >= 0.3 is 0 Å². The minimum Gasteiger partial charge on any atom is -0.354 e. The Balaban J connectivity index is 3.07. The van der Waals surface area contributed by atoms with E-state index >= 15 is 0 Å². The molecule has 1 N–H and O–H groups in total. The minimum atomic E-state index is -3.72. The lowest BCUT2D eigenvalue weighted by Crippen LogP contribution is -2.16. The molecule has 1 heterocycles. The van der Waals surface area contributed by atoms with Crippen LogP contribution in [0, 0.1) is 0 Å². The van der Waals surface area contributed by atoms with Crippen molar-refractivity contribution in [3.05, 3.63) is 16.3 Å². The lowest BCUT2D eigenvalue weighted by molar-refractivity contribution is 0.0967. The summed E-state index contributed by atoms with van der Waals surface area (Å²) in [6.45, 7) is 0. The minimum absolute atomic E-state index is 0.0437. The van der Waals surface area contributed by atoms with E-state index < -0.39 is 9.05 Å². The Bertz CT molecular complexity index is 423. The standard InChI is InChI=1S/C6H6ClNO3S2/c1-8-6(9)5-2-4(3-12-5)13(7,10)11/h2-3H,1H3,(H,8,9). The highest BCUT2D eigenvalue weighted by Crippen LogP contribution is 2.22. The fraction of sp³-hybridized carbons (Fsp3) is 0.167. The Labute approximate surface area is 83.9 Å². The first-order valence-corrected chi connectivity index (χ1v) is 6.39. The summed E-state index contributed by atoms with van der Waals surface area (Å²) in [6, 6.07) is 1.24. The fourth-order valence-corrected chi connectivity index (χ4v) is 2.80. The number of amides is 1. The Kier molecular flexibility index (Phi) is 2.94. The quantitative estimate of drug-likeness (QED) is 0.785. The van der Waals surface area contributed by atoms with Gasteiger partial charge in [-0.25, -0.2) is 8.42 Å².